The molecular formula is C13H11FN2O. The van der Waals surface area contributed by atoms with E-state index in [4.69, 9.17) is 5.26 Å². The normalized spacial score (nSPS) is 19.2. The van der Waals surface area contributed by atoms with Crippen molar-refractivity contribution in [2.75, 3.05) is 11.4 Å². The molecule has 1 aromatic carbocycles. The number of nitriles is 1. The van der Waals surface area contributed by atoms with Gasteiger partial charge in [-0.1, -0.05) is 6.08 Å². The average molecular weight is 230 g/mol. The van der Waals surface area contributed by atoms with Gasteiger partial charge in [-0.2, -0.15) is 5.26 Å². The lowest BCUT2D eigenvalue weighted by molar-refractivity contribution is -0.117. The molecule has 86 valence electrons. The monoisotopic (exact) mass is 230 g/mol. The van der Waals surface area contributed by atoms with Crippen molar-refractivity contribution in [3.63, 3.8) is 0 Å². The highest BCUT2D eigenvalue weighted by Crippen LogP contribution is 2.28. The van der Waals surface area contributed by atoms with Gasteiger partial charge in [-0.3, -0.25) is 4.79 Å². The van der Waals surface area contributed by atoms with Crippen LogP contribution in [0, 0.1) is 23.1 Å². The zero-order valence-electron chi connectivity index (χ0n) is 9.19. The van der Waals surface area contributed by atoms with Gasteiger partial charge in [-0.25, -0.2) is 4.39 Å². The summed E-state index contributed by atoms with van der Waals surface area (Å²) in [5, 5.41) is 8.95. The van der Waals surface area contributed by atoms with Crippen LogP contribution < -0.4 is 4.90 Å². The Balaban J connectivity index is 2.41. The van der Waals surface area contributed by atoms with E-state index in [1.165, 1.54) is 23.1 Å². The van der Waals surface area contributed by atoms with Crippen molar-refractivity contribution < 1.29 is 9.18 Å². The van der Waals surface area contributed by atoms with Gasteiger partial charge in [0.1, 0.15) is 11.9 Å². The largest absolute Gasteiger partial charge is 0.310 e. The summed E-state index contributed by atoms with van der Waals surface area (Å²) in [5.74, 6) is -0.483. The van der Waals surface area contributed by atoms with E-state index in [1.807, 2.05) is 6.07 Å². The molecule has 4 heteroatoms. The summed E-state index contributed by atoms with van der Waals surface area (Å²) < 4.78 is 13.2. The maximum Gasteiger partial charge on any atom is 0.227 e. The average Bonchev–Trinajstić information content (AvgIpc) is 2.70. The highest BCUT2D eigenvalue weighted by atomic mass is 19.1. The number of carbonyl (C=O) groups is 1. The number of anilines is 1. The molecule has 1 amide bonds. The first-order valence-electron chi connectivity index (χ1n) is 5.28. The second kappa shape index (κ2) is 4.38. The lowest BCUT2D eigenvalue weighted by Gasteiger charge is -2.17. The summed E-state index contributed by atoms with van der Waals surface area (Å²) in [7, 11) is 0. The Morgan fingerprint density at radius 2 is 2.35 bits per heavy atom. The molecule has 17 heavy (non-hydrogen) atoms. The Morgan fingerprint density at radius 1 is 1.59 bits per heavy atom. The third-order valence-corrected chi connectivity index (χ3v) is 2.86. The van der Waals surface area contributed by atoms with Crippen molar-refractivity contribution in [2.24, 2.45) is 5.92 Å². The molecule has 2 rings (SSSR count). The third kappa shape index (κ3) is 2.04. The molecule has 1 fully saturated rings. The Bertz CT molecular complexity index is 519. The van der Waals surface area contributed by atoms with Crippen LogP contribution >= 0.6 is 0 Å². The third-order valence-electron chi connectivity index (χ3n) is 2.86. The van der Waals surface area contributed by atoms with Crippen LogP contribution in [-0.4, -0.2) is 12.5 Å². The minimum Gasteiger partial charge on any atom is -0.310 e. The van der Waals surface area contributed by atoms with Gasteiger partial charge in [0, 0.05) is 18.9 Å². The summed E-state index contributed by atoms with van der Waals surface area (Å²) in [5.41, 5.74) is 0.659. The summed E-state index contributed by atoms with van der Waals surface area (Å²) in [6.45, 7) is 4.11. The van der Waals surface area contributed by atoms with Crippen molar-refractivity contribution in [3.8, 4) is 6.07 Å². The van der Waals surface area contributed by atoms with Crippen molar-refractivity contribution in [2.45, 2.75) is 6.42 Å². The van der Waals surface area contributed by atoms with E-state index in [0.717, 1.165) is 0 Å². The summed E-state index contributed by atoms with van der Waals surface area (Å²) in [6.07, 6.45) is 2.08. The number of nitrogens with zero attached hydrogens (tertiary/aromatic N) is 2. The SMILES string of the molecule is C=CC1CC(=O)N(c2cc(F)ccc2C#N)C1. The van der Waals surface area contributed by atoms with Gasteiger partial charge >= 0.3 is 0 Å². The Hall–Kier alpha value is -2.15. The predicted molar refractivity (Wildman–Crippen MR) is 61.8 cm³/mol. The van der Waals surface area contributed by atoms with Crippen LogP contribution in [0.2, 0.25) is 0 Å². The number of hydrogen-bond donors (Lipinski definition) is 0. The molecule has 0 N–H and O–H groups in total. The number of rotatable bonds is 2. The number of hydrogen-bond acceptors (Lipinski definition) is 2. The Morgan fingerprint density at radius 3 is 2.94 bits per heavy atom. The van der Waals surface area contributed by atoms with Crippen LogP contribution in [-0.2, 0) is 4.79 Å². The first kappa shape index (κ1) is 11.3. The number of benzene rings is 1. The summed E-state index contributed by atoms with van der Waals surface area (Å²) >= 11 is 0. The van der Waals surface area contributed by atoms with Crippen LogP contribution in [0.15, 0.2) is 30.9 Å². The molecule has 0 aromatic heterocycles. The first-order valence-corrected chi connectivity index (χ1v) is 5.28. The fourth-order valence-corrected chi connectivity index (χ4v) is 1.95. The fourth-order valence-electron chi connectivity index (χ4n) is 1.95. The van der Waals surface area contributed by atoms with Crippen LogP contribution in [0.25, 0.3) is 0 Å². The van der Waals surface area contributed by atoms with Gasteiger partial charge < -0.3 is 4.90 Å². The van der Waals surface area contributed by atoms with Crippen LogP contribution in [0.4, 0.5) is 10.1 Å². The van der Waals surface area contributed by atoms with Crippen molar-refractivity contribution in [1.82, 2.24) is 0 Å². The maximum absolute atomic E-state index is 13.2. The molecule has 0 saturated carbocycles. The van der Waals surface area contributed by atoms with Gasteiger partial charge in [-0.05, 0) is 18.2 Å². The second-order valence-electron chi connectivity index (χ2n) is 3.98. The molecule has 0 spiro atoms. The molecule has 1 aromatic rings. The molecule has 1 atom stereocenters. The molecular weight excluding hydrogens is 219 g/mol. The molecule has 0 bridgehead atoms. The molecule has 1 aliphatic rings. The van der Waals surface area contributed by atoms with Gasteiger partial charge in [0.05, 0.1) is 11.3 Å². The molecule has 0 aliphatic carbocycles. The van der Waals surface area contributed by atoms with E-state index in [2.05, 4.69) is 6.58 Å². The smallest absolute Gasteiger partial charge is 0.227 e. The molecule has 0 radical (unpaired) electrons. The summed E-state index contributed by atoms with van der Waals surface area (Å²) in [4.78, 5) is 13.2. The zero-order valence-corrected chi connectivity index (χ0v) is 9.19. The lowest BCUT2D eigenvalue weighted by atomic mass is 10.1. The van der Waals surface area contributed by atoms with Crippen molar-refractivity contribution >= 4 is 11.6 Å². The van der Waals surface area contributed by atoms with E-state index in [9.17, 15) is 9.18 Å². The van der Waals surface area contributed by atoms with Gasteiger partial charge in [0.2, 0.25) is 5.91 Å². The second-order valence-corrected chi connectivity index (χ2v) is 3.98. The molecule has 1 unspecified atom stereocenters. The van der Waals surface area contributed by atoms with Crippen LogP contribution in [0.5, 0.6) is 0 Å². The zero-order chi connectivity index (χ0) is 12.4. The van der Waals surface area contributed by atoms with E-state index in [0.29, 0.717) is 24.2 Å². The topological polar surface area (TPSA) is 44.1 Å². The highest BCUT2D eigenvalue weighted by molar-refractivity contribution is 5.97. The fraction of sp³-hybridized carbons (Fsp3) is 0.231. The molecule has 1 heterocycles. The van der Waals surface area contributed by atoms with Gasteiger partial charge in [0.25, 0.3) is 0 Å². The number of amides is 1. The maximum atomic E-state index is 13.2. The van der Waals surface area contributed by atoms with E-state index in [-0.39, 0.29) is 11.8 Å². The van der Waals surface area contributed by atoms with Gasteiger partial charge in [-0.15, -0.1) is 6.58 Å². The van der Waals surface area contributed by atoms with Gasteiger partial charge in [0.15, 0.2) is 0 Å². The quantitative estimate of drug-likeness (QED) is 0.731. The number of halogens is 1. The van der Waals surface area contributed by atoms with E-state index >= 15 is 0 Å². The lowest BCUT2D eigenvalue weighted by Crippen LogP contribution is -2.25. The van der Waals surface area contributed by atoms with Crippen molar-refractivity contribution in [3.05, 3.63) is 42.2 Å². The Kier molecular flexibility index (Phi) is 2.92. The van der Waals surface area contributed by atoms with Crippen molar-refractivity contribution in [1.29, 1.82) is 5.26 Å². The first-order chi connectivity index (χ1) is 8.15. The summed E-state index contributed by atoms with van der Waals surface area (Å²) in [6, 6.07) is 5.79. The Labute approximate surface area is 98.8 Å². The standard InChI is InChI=1S/C13H11FN2O/c1-2-9-5-13(17)16(8-9)12-6-11(14)4-3-10(12)7-15/h2-4,6,9H,1,5,8H2. The minimum atomic E-state index is -0.450. The highest BCUT2D eigenvalue weighted by Gasteiger charge is 2.30. The minimum absolute atomic E-state index is 0.0670. The van der Waals surface area contributed by atoms with E-state index in [1.54, 1.807) is 6.08 Å². The van der Waals surface area contributed by atoms with Crippen LogP contribution in [0.3, 0.4) is 0 Å². The van der Waals surface area contributed by atoms with E-state index < -0.39 is 5.82 Å². The molecule has 1 aliphatic heterocycles. The van der Waals surface area contributed by atoms with Crippen LogP contribution in [0.1, 0.15) is 12.0 Å². The molecule has 1 saturated heterocycles. The predicted octanol–water partition coefficient (Wildman–Crippen LogP) is 2.24. The molecule has 3 nitrogen and oxygen atoms in total. The number of carbonyl (C=O) groups excluding carboxylic acids is 1.